The maximum Gasteiger partial charge on any atom is 0.263 e. The molecule has 2 aromatic rings. The van der Waals surface area contributed by atoms with Crippen molar-refractivity contribution in [2.75, 3.05) is 4.72 Å². The number of anilines is 1. The van der Waals surface area contributed by atoms with Gasteiger partial charge in [0.2, 0.25) is 0 Å². The van der Waals surface area contributed by atoms with Crippen LogP contribution in [0.15, 0.2) is 35.4 Å². The van der Waals surface area contributed by atoms with Crippen LogP contribution in [0, 0.1) is 6.92 Å². The normalized spacial score (nSPS) is 11.3. The lowest BCUT2D eigenvalue weighted by molar-refractivity contribution is 0.600. The summed E-state index contributed by atoms with van der Waals surface area (Å²) >= 11 is 4.88. The summed E-state index contributed by atoms with van der Waals surface area (Å²) in [5.41, 5.74) is 6.79. The molecule has 0 aliphatic carbocycles. The highest BCUT2D eigenvalue weighted by molar-refractivity contribution is 7.92. The van der Waals surface area contributed by atoms with Gasteiger partial charge in [-0.25, -0.2) is 8.42 Å². The summed E-state index contributed by atoms with van der Waals surface area (Å²) in [5.74, 6) is 0.249. The van der Waals surface area contributed by atoms with Gasteiger partial charge in [-0.05, 0) is 24.6 Å². The van der Waals surface area contributed by atoms with Gasteiger partial charge < -0.3 is 5.73 Å². The minimum Gasteiger partial charge on any atom is -0.389 e. The summed E-state index contributed by atoms with van der Waals surface area (Å²) in [7, 11) is -2.10. The van der Waals surface area contributed by atoms with Crippen molar-refractivity contribution < 1.29 is 8.42 Å². The molecule has 2 rings (SSSR count). The number of thiocarbonyl (C=S) groups is 1. The fourth-order valence-corrected chi connectivity index (χ4v) is 3.07. The van der Waals surface area contributed by atoms with E-state index in [9.17, 15) is 8.42 Å². The Hall–Kier alpha value is -1.93. The number of aromatic nitrogens is 2. The van der Waals surface area contributed by atoms with Crippen LogP contribution in [0.1, 0.15) is 11.1 Å². The highest BCUT2D eigenvalue weighted by Gasteiger charge is 2.19. The van der Waals surface area contributed by atoms with Gasteiger partial charge >= 0.3 is 0 Å². The molecule has 1 aromatic heterocycles. The Labute approximate surface area is 122 Å². The number of nitrogens with two attached hydrogens (primary N) is 1. The second-order valence-electron chi connectivity index (χ2n) is 4.32. The summed E-state index contributed by atoms with van der Waals surface area (Å²) in [6.45, 7) is 1.82. The molecule has 0 amide bonds. The summed E-state index contributed by atoms with van der Waals surface area (Å²) in [5, 5.41) is 3.96. The lowest BCUT2D eigenvalue weighted by Crippen LogP contribution is -2.19. The Morgan fingerprint density at radius 1 is 1.45 bits per heavy atom. The van der Waals surface area contributed by atoms with Crippen LogP contribution >= 0.6 is 12.2 Å². The molecule has 0 bridgehead atoms. The Morgan fingerprint density at radius 2 is 2.15 bits per heavy atom. The van der Waals surface area contributed by atoms with Gasteiger partial charge in [-0.3, -0.25) is 9.40 Å². The van der Waals surface area contributed by atoms with Crippen LogP contribution in [-0.4, -0.2) is 23.2 Å². The smallest absolute Gasteiger partial charge is 0.263 e. The zero-order valence-electron chi connectivity index (χ0n) is 11.0. The van der Waals surface area contributed by atoms with E-state index in [0.29, 0.717) is 5.56 Å². The number of benzene rings is 1. The first-order valence-corrected chi connectivity index (χ1v) is 7.61. The monoisotopic (exact) mass is 310 g/mol. The zero-order chi connectivity index (χ0) is 14.9. The first-order chi connectivity index (χ1) is 9.31. The van der Waals surface area contributed by atoms with Gasteiger partial charge in [0.25, 0.3) is 10.0 Å². The van der Waals surface area contributed by atoms with Crippen molar-refractivity contribution in [1.82, 2.24) is 9.78 Å². The van der Waals surface area contributed by atoms with Gasteiger partial charge in [0.1, 0.15) is 10.8 Å². The molecule has 1 heterocycles. The molecule has 0 fully saturated rings. The molecule has 20 heavy (non-hydrogen) atoms. The molecule has 0 aliphatic rings. The summed E-state index contributed by atoms with van der Waals surface area (Å²) in [6.07, 6.45) is 1.43. The number of nitrogens with one attached hydrogen (secondary N) is 1. The van der Waals surface area contributed by atoms with E-state index in [1.165, 1.54) is 16.9 Å². The Kier molecular flexibility index (Phi) is 3.78. The second kappa shape index (κ2) is 5.22. The first kappa shape index (κ1) is 14.5. The van der Waals surface area contributed by atoms with Crippen LogP contribution in [-0.2, 0) is 17.1 Å². The molecule has 0 aliphatic heterocycles. The Balaban J connectivity index is 2.44. The predicted octanol–water partition coefficient (Wildman–Crippen LogP) is 1.16. The van der Waals surface area contributed by atoms with Crippen LogP contribution in [0.4, 0.5) is 5.82 Å². The summed E-state index contributed by atoms with van der Waals surface area (Å²) in [4.78, 5) is 0.257. The summed E-state index contributed by atoms with van der Waals surface area (Å²) < 4.78 is 28.5. The van der Waals surface area contributed by atoms with E-state index in [-0.39, 0.29) is 15.7 Å². The lowest BCUT2D eigenvalue weighted by atomic mass is 10.2. The number of hydrogen-bond acceptors (Lipinski definition) is 4. The second-order valence-corrected chi connectivity index (χ2v) is 6.44. The van der Waals surface area contributed by atoms with E-state index >= 15 is 0 Å². The number of aryl methyl sites for hydroxylation is 2. The first-order valence-electron chi connectivity index (χ1n) is 5.72. The lowest BCUT2D eigenvalue weighted by Gasteiger charge is -2.10. The minimum atomic E-state index is -3.71. The van der Waals surface area contributed by atoms with Crippen molar-refractivity contribution in [3.05, 3.63) is 41.6 Å². The van der Waals surface area contributed by atoms with Gasteiger partial charge in [-0.15, -0.1) is 0 Å². The maximum atomic E-state index is 12.3. The third-order valence-electron chi connectivity index (χ3n) is 2.74. The van der Waals surface area contributed by atoms with Crippen LogP contribution in [0.5, 0.6) is 0 Å². The molecule has 0 radical (unpaired) electrons. The van der Waals surface area contributed by atoms with E-state index < -0.39 is 10.0 Å². The van der Waals surface area contributed by atoms with Gasteiger partial charge in [0.05, 0.1) is 16.7 Å². The van der Waals surface area contributed by atoms with Gasteiger partial charge in [-0.1, -0.05) is 24.4 Å². The molecular formula is C12H14N4O2S2. The van der Waals surface area contributed by atoms with Crippen molar-refractivity contribution >= 4 is 33.0 Å². The third kappa shape index (κ3) is 2.81. The van der Waals surface area contributed by atoms with E-state index in [0.717, 1.165) is 5.56 Å². The standard InChI is InChI=1S/C12H14N4O2S2/c1-8-4-3-5-9(6-8)20(17,18)15-12-10(11(13)19)7-14-16(12)2/h3-7,15H,1-2H3,(H2,13,19). The number of rotatable bonds is 4. The van der Waals surface area contributed by atoms with Gasteiger partial charge in [0.15, 0.2) is 0 Å². The third-order valence-corrected chi connectivity index (χ3v) is 4.29. The van der Waals surface area contributed by atoms with Gasteiger partial charge in [-0.2, -0.15) is 5.10 Å². The molecule has 0 spiro atoms. The molecule has 6 nitrogen and oxygen atoms in total. The molecule has 0 saturated carbocycles. The quantitative estimate of drug-likeness (QED) is 0.827. The van der Waals surface area contributed by atoms with Crippen LogP contribution < -0.4 is 10.5 Å². The highest BCUT2D eigenvalue weighted by atomic mass is 32.2. The molecule has 0 saturated heterocycles. The van der Waals surface area contributed by atoms with Crippen molar-refractivity contribution in [2.45, 2.75) is 11.8 Å². The molecular weight excluding hydrogens is 296 g/mol. The average Bonchev–Trinajstić information content (AvgIpc) is 2.71. The van der Waals surface area contributed by atoms with Crippen molar-refractivity contribution in [3.63, 3.8) is 0 Å². The fraction of sp³-hybridized carbons (Fsp3) is 0.167. The van der Waals surface area contributed by atoms with Crippen molar-refractivity contribution in [1.29, 1.82) is 0 Å². The highest BCUT2D eigenvalue weighted by Crippen LogP contribution is 2.20. The van der Waals surface area contributed by atoms with Gasteiger partial charge in [0, 0.05) is 7.05 Å². The Bertz CT molecular complexity index is 766. The maximum absolute atomic E-state index is 12.3. The SMILES string of the molecule is Cc1cccc(S(=O)(=O)Nc2c(C(N)=S)cnn2C)c1. The fourth-order valence-electron chi connectivity index (χ4n) is 1.71. The molecule has 3 N–H and O–H groups in total. The molecule has 8 heteroatoms. The van der Waals surface area contributed by atoms with Crippen molar-refractivity contribution in [3.8, 4) is 0 Å². The molecule has 0 atom stereocenters. The molecule has 0 unspecified atom stereocenters. The zero-order valence-corrected chi connectivity index (χ0v) is 12.6. The predicted molar refractivity (Wildman–Crippen MR) is 81.1 cm³/mol. The van der Waals surface area contributed by atoms with E-state index in [2.05, 4.69) is 9.82 Å². The Morgan fingerprint density at radius 3 is 2.75 bits per heavy atom. The van der Waals surface area contributed by atoms with Crippen LogP contribution in [0.2, 0.25) is 0 Å². The topological polar surface area (TPSA) is 90.0 Å². The van der Waals surface area contributed by atoms with Crippen LogP contribution in [0.3, 0.4) is 0 Å². The van der Waals surface area contributed by atoms with Crippen molar-refractivity contribution in [2.24, 2.45) is 12.8 Å². The molecule has 1 aromatic carbocycles. The van der Waals surface area contributed by atoms with Crippen LogP contribution in [0.25, 0.3) is 0 Å². The number of nitrogens with zero attached hydrogens (tertiary/aromatic N) is 2. The van der Waals surface area contributed by atoms with E-state index in [4.69, 9.17) is 18.0 Å². The van der Waals surface area contributed by atoms with E-state index in [1.54, 1.807) is 19.2 Å². The largest absolute Gasteiger partial charge is 0.389 e. The number of sulfonamides is 1. The average molecular weight is 310 g/mol. The summed E-state index contributed by atoms with van der Waals surface area (Å²) in [6, 6.07) is 6.61. The van der Waals surface area contributed by atoms with E-state index in [1.807, 2.05) is 13.0 Å². The minimum absolute atomic E-state index is 0.0834. The molecule has 106 valence electrons. The number of hydrogen-bond donors (Lipinski definition) is 2.